The summed E-state index contributed by atoms with van der Waals surface area (Å²) in [5.41, 5.74) is 19.1. The molecule has 0 N–H and O–H groups in total. The molecule has 0 fully saturated rings. The van der Waals surface area contributed by atoms with Crippen LogP contribution in [0.25, 0.3) is 22.3 Å². The molecular formula is C124H142O9. The normalized spacial score (nSPS) is 9.62. The van der Waals surface area contributed by atoms with Gasteiger partial charge in [-0.15, -0.1) is 59.2 Å². The Morgan fingerprint density at radius 2 is 0.459 bits per heavy atom. The smallest absolute Gasteiger partial charge is 0.161 e. The van der Waals surface area contributed by atoms with E-state index in [2.05, 4.69) is 235 Å². The summed E-state index contributed by atoms with van der Waals surface area (Å²) in [7, 11) is 0. The molecule has 0 radical (unpaired) electrons. The Kier molecular flexibility index (Phi) is 61.4. The van der Waals surface area contributed by atoms with Gasteiger partial charge in [-0.25, -0.2) is 0 Å². The van der Waals surface area contributed by atoms with E-state index in [1.807, 2.05) is 226 Å². The van der Waals surface area contributed by atoms with Gasteiger partial charge in [-0.1, -0.05) is 362 Å². The van der Waals surface area contributed by atoms with Crippen molar-refractivity contribution in [2.45, 2.75) is 85.5 Å². The third-order valence-electron chi connectivity index (χ3n) is 18.5. The average molecular weight is 1780 g/mol. The summed E-state index contributed by atoms with van der Waals surface area (Å²) >= 11 is 0. The molecule has 0 saturated heterocycles. The first-order valence-corrected chi connectivity index (χ1v) is 44.6. The molecule has 0 bridgehead atoms. The maximum atomic E-state index is 5.74. The molecule has 133 heavy (non-hydrogen) atoms. The zero-order valence-corrected chi connectivity index (χ0v) is 79.6. The molecule has 0 saturated carbocycles. The maximum absolute atomic E-state index is 5.74. The first-order valence-electron chi connectivity index (χ1n) is 44.6. The number of benzene rings is 11. The van der Waals surface area contributed by atoms with Gasteiger partial charge in [0.15, 0.2) is 11.5 Å². The predicted octanol–water partition coefficient (Wildman–Crippen LogP) is 31.6. The molecule has 0 aliphatic rings. The number of hydrogen-bond donors (Lipinski definition) is 0. The summed E-state index contributed by atoms with van der Waals surface area (Å²) in [6, 6.07) is 85.5. The van der Waals surface area contributed by atoms with E-state index in [0.29, 0.717) is 59.5 Å². The van der Waals surface area contributed by atoms with Crippen LogP contribution in [-0.4, -0.2) is 59.5 Å². The summed E-state index contributed by atoms with van der Waals surface area (Å²) in [5, 5.41) is 0. The van der Waals surface area contributed by atoms with E-state index in [9.17, 15) is 0 Å². The van der Waals surface area contributed by atoms with Crippen molar-refractivity contribution in [2.75, 3.05) is 59.5 Å². The number of para-hydroxylation sites is 5. The number of aryl methyl sites for hydroxylation is 2. The van der Waals surface area contributed by atoms with E-state index in [4.69, 9.17) is 42.6 Å². The minimum Gasteiger partial charge on any atom is -0.489 e. The van der Waals surface area contributed by atoms with Crippen LogP contribution >= 0.6 is 0 Å². The van der Waals surface area contributed by atoms with Crippen molar-refractivity contribution in [2.24, 2.45) is 0 Å². The van der Waals surface area contributed by atoms with Crippen LogP contribution < -0.4 is 42.6 Å². The Morgan fingerprint density at radius 3 is 0.827 bits per heavy atom. The lowest BCUT2D eigenvalue weighted by Crippen LogP contribution is -2.00. The Bertz CT molecular complexity index is 5280. The minimum atomic E-state index is 0.481. The molecule has 9 nitrogen and oxygen atoms in total. The Labute approximate surface area is 799 Å². The van der Waals surface area contributed by atoms with Gasteiger partial charge < -0.3 is 42.6 Å². The quantitative estimate of drug-likeness (QED) is 0.0346. The molecule has 692 valence electrons. The molecule has 0 unspecified atom stereocenters. The molecule has 0 heterocycles. The molecule has 9 heteroatoms. The summed E-state index contributed by atoms with van der Waals surface area (Å²) in [6.45, 7) is 75.8. The maximum Gasteiger partial charge on any atom is 0.161 e. The van der Waals surface area contributed by atoms with Crippen LogP contribution in [0.15, 0.2) is 482 Å². The molecule has 11 aromatic carbocycles. The highest BCUT2D eigenvalue weighted by atomic mass is 16.5. The van der Waals surface area contributed by atoms with Crippen LogP contribution in [0.4, 0.5) is 0 Å². The third kappa shape index (κ3) is 47.2. The van der Waals surface area contributed by atoms with Gasteiger partial charge in [-0.2, -0.15) is 0 Å². The summed E-state index contributed by atoms with van der Waals surface area (Å²) in [4.78, 5) is 0. The summed E-state index contributed by atoms with van der Waals surface area (Å²) in [6.07, 6.45) is 40.9. The van der Waals surface area contributed by atoms with Gasteiger partial charge in [-0.05, 0) is 230 Å². The van der Waals surface area contributed by atoms with Crippen molar-refractivity contribution >= 4 is 0 Å². The lowest BCUT2D eigenvalue weighted by atomic mass is 10.0. The molecule has 0 aromatic heterocycles. The fourth-order valence-corrected chi connectivity index (χ4v) is 12.3. The van der Waals surface area contributed by atoms with Crippen molar-refractivity contribution in [1.82, 2.24) is 0 Å². The Balaban J connectivity index is 0.000000387. The van der Waals surface area contributed by atoms with Gasteiger partial charge in [-0.3, -0.25) is 0 Å². The lowest BCUT2D eigenvalue weighted by Gasteiger charge is -2.11. The van der Waals surface area contributed by atoms with Crippen LogP contribution in [0, 0.1) is 13.8 Å². The zero-order chi connectivity index (χ0) is 97.0. The number of allylic oxidation sites excluding steroid dienone is 10. The predicted molar refractivity (Wildman–Crippen MR) is 574 cm³/mol. The number of hydrogen-bond acceptors (Lipinski definition) is 9. The first-order chi connectivity index (χ1) is 65.0. The fraction of sp³-hybridized carbons (Fsp3) is 0.177. The van der Waals surface area contributed by atoms with Crippen LogP contribution in [0.1, 0.15) is 75.0 Å². The monoisotopic (exact) mass is 1780 g/mol. The summed E-state index contributed by atoms with van der Waals surface area (Å²) < 4.78 is 50.0. The van der Waals surface area contributed by atoms with Crippen molar-refractivity contribution in [3.05, 3.63) is 543 Å². The second-order valence-electron chi connectivity index (χ2n) is 29.4. The lowest BCUT2D eigenvalue weighted by molar-refractivity contribution is 0.308. The number of ether oxygens (including phenoxy) is 9. The van der Waals surface area contributed by atoms with Crippen molar-refractivity contribution in [3.8, 4) is 74.0 Å². The minimum absolute atomic E-state index is 0.481. The zero-order valence-electron chi connectivity index (χ0n) is 79.6. The van der Waals surface area contributed by atoms with Crippen molar-refractivity contribution in [1.29, 1.82) is 0 Å². The average Bonchev–Trinajstić information content (AvgIpc) is 0.834. The van der Waals surface area contributed by atoms with Gasteiger partial charge in [0.2, 0.25) is 0 Å². The van der Waals surface area contributed by atoms with E-state index in [1.165, 1.54) is 66.8 Å². The molecule has 0 spiro atoms. The highest BCUT2D eigenvalue weighted by molar-refractivity contribution is 5.67. The van der Waals surface area contributed by atoms with Crippen LogP contribution in [0.2, 0.25) is 0 Å². The van der Waals surface area contributed by atoms with Crippen LogP contribution in [0.3, 0.4) is 0 Å². The van der Waals surface area contributed by atoms with E-state index >= 15 is 0 Å². The summed E-state index contributed by atoms with van der Waals surface area (Å²) in [5.74, 6) is 7.92. The largest absolute Gasteiger partial charge is 0.489 e. The molecule has 11 rings (SSSR count). The van der Waals surface area contributed by atoms with Gasteiger partial charge in [0.25, 0.3) is 0 Å². The van der Waals surface area contributed by atoms with Gasteiger partial charge in [0, 0.05) is 0 Å². The van der Waals surface area contributed by atoms with E-state index in [0.717, 1.165) is 132 Å². The second kappa shape index (κ2) is 72.8. The highest BCUT2D eigenvalue weighted by Gasteiger charge is 2.11. The first kappa shape index (κ1) is 112. The fourth-order valence-electron chi connectivity index (χ4n) is 12.3. The highest BCUT2D eigenvalue weighted by Crippen LogP contribution is 2.32. The van der Waals surface area contributed by atoms with E-state index < -0.39 is 0 Å². The Hall–Kier alpha value is -15.1. The third-order valence-corrected chi connectivity index (χ3v) is 18.5. The van der Waals surface area contributed by atoms with E-state index in [-0.39, 0.29) is 0 Å². The van der Waals surface area contributed by atoms with Gasteiger partial charge in [0.05, 0.1) is 0 Å². The topological polar surface area (TPSA) is 83.1 Å². The van der Waals surface area contributed by atoms with Crippen LogP contribution in [0.5, 0.6) is 51.7 Å². The van der Waals surface area contributed by atoms with E-state index in [1.54, 1.807) is 42.5 Å². The number of rotatable bonds is 47. The molecule has 0 aliphatic heterocycles. The Morgan fingerprint density at radius 1 is 0.211 bits per heavy atom. The van der Waals surface area contributed by atoms with Gasteiger partial charge >= 0.3 is 0 Å². The standard InChI is InChI=1S/2C18H18O.4C13H16O.C12H14O2.C12H14O.C12H14/c1-3-8-17-14-16(15-9-6-5-7-10-15)11-12-18(17)19-13-4-2;1-3-8-16-11-12-17(14-18(16)19-13-4-2)15-9-6-5-7-10-15;1-4-7-12-8-5-6-9-13(12)14-10-11(2)3;1-4-6-12-10-11(3)7-8-13(12)14-9-5-2;1-4-6-12-8-7-11(3)10-13(12)14-9-5-2;1-3-5-11-14-13-10-7-6-9-12(13)8-4-2;1-3-9-13-11-7-5-6-8-12(11)14-10-4-2;1-3-7-11-8-5-6-9-12(11)13-10-4-2;1-3-7-11-9-5-6-10-12(11)8-4-2/h2*3-7,9-12,14H,1-2,8,13H2;4-6,8-9H,1-2,7,10H2,3H3;2*4-5,7-8,10H,1-2,6,9H2,3H3;3-7,9-10H,2,8,11H2,1H3;3-8H,1-2,9-10H2;3-6,8-9H,1-2,7,10H2;3-6,9-10H,1-2,7-8H2/b;;;;;5-3+;;;. The molecular weight excluding hydrogens is 1630 g/mol. The molecule has 0 aliphatic carbocycles. The van der Waals surface area contributed by atoms with Crippen molar-refractivity contribution in [3.63, 3.8) is 0 Å². The second-order valence-corrected chi connectivity index (χ2v) is 29.4. The van der Waals surface area contributed by atoms with Crippen LogP contribution in [-0.2, 0) is 57.8 Å². The molecule has 0 amide bonds. The van der Waals surface area contributed by atoms with Gasteiger partial charge in [0.1, 0.15) is 99.7 Å². The SMILES string of the molecule is C=CCOc1cc(-c2ccccc2)ccc1CC=C.C=CCOc1cc(C)ccc1CC=C.C=CCOc1ccc(-c2ccccc2)cc1CC=C.C=CCOc1ccc(C)cc1CC=C.C=CCOc1ccccc1CC=C.C=CCOc1ccccc1OCC=C.C=CCc1ccccc1CC=C.C=CCc1ccccc1OC/C=C/C.C=CCc1ccccc1OCC(=C)C. The molecule has 0 atom stereocenters. The van der Waals surface area contributed by atoms with Crippen molar-refractivity contribution < 1.29 is 42.6 Å². The molecule has 11 aromatic rings.